The first-order valence-electron chi connectivity index (χ1n) is 5.88. The summed E-state index contributed by atoms with van der Waals surface area (Å²) in [7, 11) is 0. The predicted octanol–water partition coefficient (Wildman–Crippen LogP) is 3.52. The summed E-state index contributed by atoms with van der Waals surface area (Å²) in [6.07, 6.45) is 6.40. The van der Waals surface area contributed by atoms with E-state index in [1.54, 1.807) is 18.0 Å². The standard InChI is InChI=1S/C13H19NO2S/c1-13(2,3)16-10-7-8-14-12(17-4)11(10)15-9-5-6-9/h7-9H,5-6H2,1-4H3. The van der Waals surface area contributed by atoms with Crippen LogP contribution in [0.1, 0.15) is 33.6 Å². The molecule has 0 aliphatic heterocycles. The largest absolute Gasteiger partial charge is 0.484 e. The summed E-state index contributed by atoms with van der Waals surface area (Å²) in [5, 5.41) is 0.902. The Morgan fingerprint density at radius 3 is 2.59 bits per heavy atom. The molecule has 1 fully saturated rings. The number of hydrogen-bond acceptors (Lipinski definition) is 4. The van der Waals surface area contributed by atoms with Crippen LogP contribution >= 0.6 is 11.8 Å². The van der Waals surface area contributed by atoms with Crippen LogP contribution in [-0.4, -0.2) is 22.9 Å². The second-order valence-corrected chi connectivity index (χ2v) is 5.97. The third-order valence-corrected chi connectivity index (χ3v) is 2.93. The summed E-state index contributed by atoms with van der Waals surface area (Å²) < 4.78 is 11.8. The molecule has 0 N–H and O–H groups in total. The topological polar surface area (TPSA) is 31.4 Å². The van der Waals surface area contributed by atoms with Gasteiger partial charge in [0.2, 0.25) is 0 Å². The maximum absolute atomic E-state index is 5.93. The van der Waals surface area contributed by atoms with Gasteiger partial charge in [0.1, 0.15) is 10.6 Å². The van der Waals surface area contributed by atoms with Gasteiger partial charge in [0, 0.05) is 12.3 Å². The fourth-order valence-corrected chi connectivity index (χ4v) is 1.93. The van der Waals surface area contributed by atoms with Gasteiger partial charge in [-0.15, -0.1) is 11.8 Å². The van der Waals surface area contributed by atoms with Gasteiger partial charge < -0.3 is 9.47 Å². The van der Waals surface area contributed by atoms with Gasteiger partial charge in [-0.1, -0.05) is 0 Å². The zero-order chi connectivity index (χ0) is 12.5. The van der Waals surface area contributed by atoms with Crippen LogP contribution in [0, 0.1) is 0 Å². The van der Waals surface area contributed by atoms with Gasteiger partial charge in [-0.25, -0.2) is 4.98 Å². The zero-order valence-electron chi connectivity index (χ0n) is 10.8. The maximum Gasteiger partial charge on any atom is 0.193 e. The van der Waals surface area contributed by atoms with E-state index in [9.17, 15) is 0 Å². The molecule has 0 spiro atoms. The third-order valence-electron chi connectivity index (χ3n) is 2.25. The van der Waals surface area contributed by atoms with Crippen molar-refractivity contribution in [3.05, 3.63) is 12.3 Å². The van der Waals surface area contributed by atoms with Crippen LogP contribution in [0.15, 0.2) is 17.3 Å². The van der Waals surface area contributed by atoms with Gasteiger partial charge in [-0.3, -0.25) is 0 Å². The Kier molecular flexibility index (Phi) is 3.52. The van der Waals surface area contributed by atoms with Crippen molar-refractivity contribution in [1.29, 1.82) is 0 Å². The minimum atomic E-state index is -0.224. The number of nitrogens with zero attached hydrogens (tertiary/aromatic N) is 1. The van der Waals surface area contributed by atoms with Gasteiger partial charge in [-0.2, -0.15) is 0 Å². The number of rotatable bonds is 4. The molecule has 1 aliphatic carbocycles. The Balaban J connectivity index is 2.28. The molecule has 0 unspecified atom stereocenters. The van der Waals surface area contributed by atoms with Gasteiger partial charge in [0.05, 0.1) is 6.10 Å². The van der Waals surface area contributed by atoms with Gasteiger partial charge in [-0.05, 0) is 39.9 Å². The van der Waals surface area contributed by atoms with Gasteiger partial charge in [0.15, 0.2) is 11.5 Å². The lowest BCUT2D eigenvalue weighted by Crippen LogP contribution is -2.23. The quantitative estimate of drug-likeness (QED) is 0.768. The van der Waals surface area contributed by atoms with E-state index in [1.807, 2.05) is 33.1 Å². The molecule has 4 heteroatoms. The van der Waals surface area contributed by atoms with Crippen LogP contribution in [0.2, 0.25) is 0 Å². The maximum atomic E-state index is 5.93. The highest BCUT2D eigenvalue weighted by Gasteiger charge is 2.27. The van der Waals surface area contributed by atoms with Crippen molar-refractivity contribution in [2.75, 3.05) is 6.26 Å². The molecule has 0 saturated heterocycles. The molecule has 0 atom stereocenters. The molecule has 2 rings (SSSR count). The highest BCUT2D eigenvalue weighted by Crippen LogP contribution is 2.40. The highest BCUT2D eigenvalue weighted by molar-refractivity contribution is 7.98. The first-order valence-corrected chi connectivity index (χ1v) is 7.11. The van der Waals surface area contributed by atoms with Crippen molar-refractivity contribution in [2.45, 2.75) is 50.3 Å². The van der Waals surface area contributed by atoms with E-state index in [0.29, 0.717) is 6.10 Å². The lowest BCUT2D eigenvalue weighted by Gasteiger charge is -2.23. The molecule has 0 amide bonds. The van der Waals surface area contributed by atoms with Gasteiger partial charge >= 0.3 is 0 Å². The van der Waals surface area contributed by atoms with Crippen LogP contribution in [0.25, 0.3) is 0 Å². The Hall–Kier alpha value is -0.900. The van der Waals surface area contributed by atoms with Gasteiger partial charge in [0.25, 0.3) is 0 Å². The number of pyridine rings is 1. The average Bonchev–Trinajstić information content (AvgIpc) is 3.02. The van der Waals surface area contributed by atoms with E-state index >= 15 is 0 Å². The van der Waals surface area contributed by atoms with Crippen molar-refractivity contribution in [1.82, 2.24) is 4.98 Å². The number of hydrogen-bond donors (Lipinski definition) is 0. The summed E-state index contributed by atoms with van der Waals surface area (Å²) in [6.45, 7) is 6.10. The summed E-state index contributed by atoms with van der Waals surface area (Å²) in [5.41, 5.74) is -0.224. The molecule has 1 aliphatic rings. The third kappa shape index (κ3) is 3.53. The summed E-state index contributed by atoms with van der Waals surface area (Å²) in [6, 6.07) is 1.88. The summed E-state index contributed by atoms with van der Waals surface area (Å²) >= 11 is 1.59. The summed E-state index contributed by atoms with van der Waals surface area (Å²) in [4.78, 5) is 4.33. The molecule has 3 nitrogen and oxygen atoms in total. The molecule has 0 bridgehead atoms. The Morgan fingerprint density at radius 1 is 1.35 bits per heavy atom. The van der Waals surface area contributed by atoms with Crippen molar-refractivity contribution in [2.24, 2.45) is 0 Å². The summed E-state index contributed by atoms with van der Waals surface area (Å²) in [5.74, 6) is 1.60. The second kappa shape index (κ2) is 4.77. The van der Waals surface area contributed by atoms with Crippen LogP contribution < -0.4 is 9.47 Å². The molecule has 1 saturated carbocycles. The molecular weight excluding hydrogens is 234 g/mol. The van der Waals surface area contributed by atoms with E-state index in [-0.39, 0.29) is 5.60 Å². The number of thioether (sulfide) groups is 1. The van der Waals surface area contributed by atoms with Crippen molar-refractivity contribution in [3.63, 3.8) is 0 Å². The highest BCUT2D eigenvalue weighted by atomic mass is 32.2. The van der Waals surface area contributed by atoms with Crippen molar-refractivity contribution >= 4 is 11.8 Å². The molecule has 0 radical (unpaired) electrons. The lowest BCUT2D eigenvalue weighted by atomic mass is 10.2. The van der Waals surface area contributed by atoms with Crippen LogP contribution in [0.4, 0.5) is 0 Å². The van der Waals surface area contributed by atoms with E-state index in [0.717, 1.165) is 29.4 Å². The van der Waals surface area contributed by atoms with E-state index in [1.165, 1.54) is 0 Å². The first kappa shape index (κ1) is 12.6. The molecule has 17 heavy (non-hydrogen) atoms. The fourth-order valence-electron chi connectivity index (χ4n) is 1.43. The average molecular weight is 253 g/mol. The first-order chi connectivity index (χ1) is 7.99. The van der Waals surface area contributed by atoms with Crippen LogP contribution in [0.5, 0.6) is 11.5 Å². The fraction of sp³-hybridized carbons (Fsp3) is 0.615. The number of aromatic nitrogens is 1. The van der Waals surface area contributed by atoms with E-state index in [4.69, 9.17) is 9.47 Å². The number of ether oxygens (including phenoxy) is 2. The molecule has 94 valence electrons. The Labute approximate surface area is 107 Å². The van der Waals surface area contributed by atoms with Crippen molar-refractivity contribution in [3.8, 4) is 11.5 Å². The van der Waals surface area contributed by atoms with Crippen LogP contribution in [-0.2, 0) is 0 Å². The molecule has 1 heterocycles. The van der Waals surface area contributed by atoms with E-state index < -0.39 is 0 Å². The lowest BCUT2D eigenvalue weighted by molar-refractivity contribution is 0.121. The SMILES string of the molecule is CSc1nccc(OC(C)(C)C)c1OC1CC1. The predicted molar refractivity (Wildman–Crippen MR) is 70.0 cm³/mol. The molecular formula is C13H19NO2S. The van der Waals surface area contributed by atoms with E-state index in [2.05, 4.69) is 4.98 Å². The molecule has 1 aromatic heterocycles. The molecule has 0 aromatic carbocycles. The Bertz CT molecular complexity index is 397. The smallest absolute Gasteiger partial charge is 0.193 e. The normalized spacial score (nSPS) is 15.8. The molecule has 1 aromatic rings. The van der Waals surface area contributed by atoms with Crippen LogP contribution in [0.3, 0.4) is 0 Å². The second-order valence-electron chi connectivity index (χ2n) is 5.18. The monoisotopic (exact) mass is 253 g/mol. The minimum absolute atomic E-state index is 0.224. The zero-order valence-corrected chi connectivity index (χ0v) is 11.6. The van der Waals surface area contributed by atoms with Crippen molar-refractivity contribution < 1.29 is 9.47 Å². The Morgan fingerprint density at radius 2 is 2.06 bits per heavy atom. The minimum Gasteiger partial charge on any atom is -0.484 e.